The van der Waals surface area contributed by atoms with Crippen molar-refractivity contribution in [2.75, 3.05) is 24.6 Å². The molecule has 1 unspecified atom stereocenters. The molecule has 116 valence electrons. The molecule has 2 rings (SSSR count). The molecule has 0 bridgehead atoms. The third-order valence-corrected chi connectivity index (χ3v) is 3.63. The van der Waals surface area contributed by atoms with Crippen molar-refractivity contribution in [1.82, 2.24) is 9.97 Å². The third-order valence-electron chi connectivity index (χ3n) is 3.63. The second kappa shape index (κ2) is 6.85. The maximum atomic E-state index is 11.5. The Balaban J connectivity index is 2.27. The Morgan fingerprint density at radius 1 is 1.57 bits per heavy atom. The van der Waals surface area contributed by atoms with Gasteiger partial charge >= 0.3 is 5.97 Å². The SMILES string of the molecule is CCOC1CCCN(c2cnc(C(C)C)nc2C(=O)O)C1. The normalized spacial score (nSPS) is 19.0. The lowest BCUT2D eigenvalue weighted by Crippen LogP contribution is -2.40. The lowest BCUT2D eigenvalue weighted by Gasteiger charge is -2.34. The van der Waals surface area contributed by atoms with Gasteiger partial charge in [0.1, 0.15) is 5.82 Å². The van der Waals surface area contributed by atoms with Gasteiger partial charge in [0.2, 0.25) is 0 Å². The maximum absolute atomic E-state index is 11.5. The zero-order valence-corrected chi connectivity index (χ0v) is 12.9. The number of carboxylic acids is 1. The van der Waals surface area contributed by atoms with Crippen molar-refractivity contribution in [3.05, 3.63) is 17.7 Å². The molecule has 1 aliphatic heterocycles. The van der Waals surface area contributed by atoms with E-state index < -0.39 is 5.97 Å². The first-order valence-corrected chi connectivity index (χ1v) is 7.49. The Bertz CT molecular complexity index is 503. The van der Waals surface area contributed by atoms with Gasteiger partial charge < -0.3 is 14.7 Å². The number of hydrogen-bond acceptors (Lipinski definition) is 5. The minimum atomic E-state index is -1.01. The minimum Gasteiger partial charge on any atom is -0.476 e. The number of anilines is 1. The van der Waals surface area contributed by atoms with E-state index in [1.165, 1.54) is 0 Å². The summed E-state index contributed by atoms with van der Waals surface area (Å²) in [5.41, 5.74) is 0.683. The van der Waals surface area contributed by atoms with Crippen LogP contribution in [-0.2, 0) is 4.74 Å². The molecule has 0 saturated carbocycles. The average Bonchev–Trinajstić information content (AvgIpc) is 2.47. The first kappa shape index (κ1) is 15.7. The largest absolute Gasteiger partial charge is 0.476 e. The molecule has 0 aliphatic carbocycles. The van der Waals surface area contributed by atoms with Gasteiger partial charge in [-0.2, -0.15) is 0 Å². The molecule has 1 aromatic heterocycles. The first-order chi connectivity index (χ1) is 10.0. The van der Waals surface area contributed by atoms with Gasteiger partial charge in [0.05, 0.1) is 18.0 Å². The molecule has 1 atom stereocenters. The molecule has 21 heavy (non-hydrogen) atoms. The molecule has 2 heterocycles. The Morgan fingerprint density at radius 2 is 2.33 bits per heavy atom. The van der Waals surface area contributed by atoms with Gasteiger partial charge in [-0.1, -0.05) is 13.8 Å². The fourth-order valence-corrected chi connectivity index (χ4v) is 2.58. The lowest BCUT2D eigenvalue weighted by molar-refractivity contribution is 0.0523. The summed E-state index contributed by atoms with van der Waals surface area (Å²) in [7, 11) is 0. The summed E-state index contributed by atoms with van der Waals surface area (Å²) < 4.78 is 5.67. The van der Waals surface area contributed by atoms with Crippen LogP contribution in [0, 0.1) is 0 Å². The van der Waals surface area contributed by atoms with Crippen molar-refractivity contribution in [2.45, 2.75) is 45.6 Å². The molecule has 1 aromatic rings. The second-order valence-corrected chi connectivity index (χ2v) is 5.59. The maximum Gasteiger partial charge on any atom is 0.356 e. The number of aromatic carboxylic acids is 1. The van der Waals surface area contributed by atoms with E-state index in [1.807, 2.05) is 25.7 Å². The Labute approximate surface area is 125 Å². The highest BCUT2D eigenvalue weighted by atomic mass is 16.5. The molecule has 1 aliphatic rings. The summed E-state index contributed by atoms with van der Waals surface area (Å²) >= 11 is 0. The van der Waals surface area contributed by atoms with Crippen LogP contribution in [-0.4, -0.2) is 46.8 Å². The van der Waals surface area contributed by atoms with E-state index in [2.05, 4.69) is 9.97 Å². The molecule has 0 amide bonds. The first-order valence-electron chi connectivity index (χ1n) is 7.49. The highest BCUT2D eigenvalue weighted by Gasteiger charge is 2.25. The molecular formula is C15H23N3O3. The van der Waals surface area contributed by atoms with Crippen molar-refractivity contribution < 1.29 is 14.6 Å². The number of aromatic nitrogens is 2. The van der Waals surface area contributed by atoms with Crippen LogP contribution in [0.25, 0.3) is 0 Å². The third kappa shape index (κ3) is 3.69. The van der Waals surface area contributed by atoms with E-state index in [4.69, 9.17) is 4.74 Å². The molecule has 6 nitrogen and oxygen atoms in total. The number of carboxylic acid groups (broad SMARTS) is 1. The van der Waals surface area contributed by atoms with Gasteiger partial charge in [0.25, 0.3) is 0 Å². The zero-order chi connectivity index (χ0) is 15.4. The van der Waals surface area contributed by atoms with Crippen LogP contribution in [0.4, 0.5) is 5.69 Å². The second-order valence-electron chi connectivity index (χ2n) is 5.59. The number of rotatable bonds is 5. The fourth-order valence-electron chi connectivity index (χ4n) is 2.58. The highest BCUT2D eigenvalue weighted by Crippen LogP contribution is 2.25. The minimum absolute atomic E-state index is 0.0887. The number of carbonyl (C=O) groups is 1. The number of hydrogen-bond donors (Lipinski definition) is 1. The summed E-state index contributed by atoms with van der Waals surface area (Å²) in [5, 5.41) is 9.42. The van der Waals surface area contributed by atoms with Gasteiger partial charge in [-0.15, -0.1) is 0 Å². The Hall–Kier alpha value is -1.69. The average molecular weight is 293 g/mol. The van der Waals surface area contributed by atoms with E-state index in [0.29, 0.717) is 24.7 Å². The molecule has 0 radical (unpaired) electrons. The Kier molecular flexibility index (Phi) is 5.12. The van der Waals surface area contributed by atoms with Gasteiger partial charge in [0, 0.05) is 25.6 Å². The number of nitrogens with zero attached hydrogens (tertiary/aromatic N) is 3. The molecule has 0 spiro atoms. The van der Waals surface area contributed by atoms with E-state index in [-0.39, 0.29) is 17.7 Å². The van der Waals surface area contributed by atoms with Gasteiger partial charge in [0.15, 0.2) is 5.69 Å². The summed E-state index contributed by atoms with van der Waals surface area (Å²) in [6.07, 6.45) is 3.78. The summed E-state index contributed by atoms with van der Waals surface area (Å²) in [6, 6.07) is 0. The summed E-state index contributed by atoms with van der Waals surface area (Å²) in [5.74, 6) is -0.336. The summed E-state index contributed by atoms with van der Waals surface area (Å²) in [4.78, 5) is 22.1. The van der Waals surface area contributed by atoms with Crippen molar-refractivity contribution in [3.63, 3.8) is 0 Å². The van der Waals surface area contributed by atoms with Crippen LogP contribution in [0.2, 0.25) is 0 Å². The van der Waals surface area contributed by atoms with Gasteiger partial charge in [-0.3, -0.25) is 0 Å². The topological polar surface area (TPSA) is 75.5 Å². The molecule has 1 fully saturated rings. The number of ether oxygens (including phenoxy) is 1. The van der Waals surface area contributed by atoms with Crippen molar-refractivity contribution in [3.8, 4) is 0 Å². The highest BCUT2D eigenvalue weighted by molar-refractivity contribution is 5.92. The van der Waals surface area contributed by atoms with Crippen LogP contribution in [0.5, 0.6) is 0 Å². The number of piperidine rings is 1. The van der Waals surface area contributed by atoms with E-state index in [0.717, 1.165) is 19.4 Å². The standard InChI is InChI=1S/C15H23N3O3/c1-4-21-11-6-5-7-18(9-11)12-8-16-14(10(2)3)17-13(12)15(19)20/h8,10-11H,4-7,9H2,1-3H3,(H,19,20). The van der Waals surface area contributed by atoms with Crippen LogP contribution >= 0.6 is 0 Å². The van der Waals surface area contributed by atoms with Crippen LogP contribution in [0.3, 0.4) is 0 Å². The van der Waals surface area contributed by atoms with Crippen LogP contribution < -0.4 is 4.90 Å². The Morgan fingerprint density at radius 3 is 2.95 bits per heavy atom. The van der Waals surface area contributed by atoms with Crippen LogP contribution in [0.1, 0.15) is 55.8 Å². The van der Waals surface area contributed by atoms with Crippen LogP contribution in [0.15, 0.2) is 6.20 Å². The van der Waals surface area contributed by atoms with Gasteiger partial charge in [-0.25, -0.2) is 14.8 Å². The monoisotopic (exact) mass is 293 g/mol. The molecule has 6 heteroatoms. The molecular weight excluding hydrogens is 270 g/mol. The van der Waals surface area contributed by atoms with Crippen molar-refractivity contribution in [1.29, 1.82) is 0 Å². The molecule has 1 saturated heterocycles. The lowest BCUT2D eigenvalue weighted by atomic mass is 10.1. The zero-order valence-electron chi connectivity index (χ0n) is 12.9. The molecule has 0 aromatic carbocycles. The van der Waals surface area contributed by atoms with Crippen molar-refractivity contribution >= 4 is 11.7 Å². The summed E-state index contributed by atoms with van der Waals surface area (Å²) in [6.45, 7) is 8.06. The predicted molar refractivity (Wildman–Crippen MR) is 79.9 cm³/mol. The van der Waals surface area contributed by atoms with Gasteiger partial charge in [-0.05, 0) is 19.8 Å². The fraction of sp³-hybridized carbons (Fsp3) is 0.667. The van der Waals surface area contributed by atoms with E-state index >= 15 is 0 Å². The van der Waals surface area contributed by atoms with Crippen molar-refractivity contribution in [2.24, 2.45) is 0 Å². The molecule has 1 N–H and O–H groups in total. The predicted octanol–water partition coefficient (Wildman–Crippen LogP) is 2.30. The quantitative estimate of drug-likeness (QED) is 0.897. The van der Waals surface area contributed by atoms with E-state index in [1.54, 1.807) is 6.20 Å². The van der Waals surface area contributed by atoms with E-state index in [9.17, 15) is 9.90 Å². The smallest absolute Gasteiger partial charge is 0.356 e.